The van der Waals surface area contributed by atoms with Crippen molar-refractivity contribution in [3.8, 4) is 28.2 Å². The van der Waals surface area contributed by atoms with Crippen molar-refractivity contribution in [1.29, 1.82) is 0 Å². The zero-order chi connectivity index (χ0) is 19.5. The first-order valence-corrected chi connectivity index (χ1v) is 8.99. The highest BCUT2D eigenvalue weighted by Crippen LogP contribution is 2.33. The molecule has 4 nitrogen and oxygen atoms in total. The van der Waals surface area contributed by atoms with E-state index in [-0.39, 0.29) is 5.78 Å². The van der Waals surface area contributed by atoms with Crippen LogP contribution in [0.15, 0.2) is 84.9 Å². The number of nitrogens with zero attached hydrogens (tertiary/aromatic N) is 2. The number of Topliss-reactive ketones (excluding diaryl/α,β-unsaturated/α-hetero) is 1. The Balaban J connectivity index is 2.03. The fourth-order valence-electron chi connectivity index (χ4n) is 3.27. The van der Waals surface area contributed by atoms with E-state index < -0.39 is 0 Å². The van der Waals surface area contributed by atoms with Gasteiger partial charge in [0.1, 0.15) is 5.69 Å². The van der Waals surface area contributed by atoms with Crippen molar-refractivity contribution in [3.05, 3.63) is 96.1 Å². The molecule has 0 saturated heterocycles. The van der Waals surface area contributed by atoms with Crippen LogP contribution in [0.4, 0.5) is 0 Å². The number of ketones is 1. The summed E-state index contributed by atoms with van der Waals surface area (Å²) in [5.74, 6) is -0.0245. The topological polar surface area (TPSA) is 52.0 Å². The van der Waals surface area contributed by atoms with Crippen molar-refractivity contribution in [2.45, 2.75) is 6.92 Å². The van der Waals surface area contributed by atoms with Gasteiger partial charge in [-0.15, -0.1) is 0 Å². The van der Waals surface area contributed by atoms with Crippen LogP contribution in [0.2, 0.25) is 0 Å². The van der Waals surface area contributed by atoms with E-state index in [1.807, 2.05) is 72.8 Å². The molecule has 0 atom stereocenters. The van der Waals surface area contributed by atoms with Crippen molar-refractivity contribution < 1.29 is 9.59 Å². The quantitative estimate of drug-likeness (QED) is 0.359. The standard InChI is InChI=1S/C24H18N2O2/c1-17(28)19-11-8-12-20(15-19)24-22(16-27)23(18-9-4-2-5-10-18)25-26(24)21-13-6-3-7-14-21/h2-16H,1H3. The Morgan fingerprint density at radius 2 is 1.50 bits per heavy atom. The number of aldehydes is 1. The van der Waals surface area contributed by atoms with Crippen LogP contribution >= 0.6 is 0 Å². The first-order valence-electron chi connectivity index (χ1n) is 8.99. The van der Waals surface area contributed by atoms with Crippen LogP contribution in [0, 0.1) is 0 Å². The minimum atomic E-state index is -0.0245. The summed E-state index contributed by atoms with van der Waals surface area (Å²) in [7, 11) is 0. The van der Waals surface area contributed by atoms with Gasteiger partial charge in [-0.25, -0.2) is 4.68 Å². The lowest BCUT2D eigenvalue weighted by atomic mass is 10.00. The molecule has 0 bridgehead atoms. The summed E-state index contributed by atoms with van der Waals surface area (Å²) in [6.07, 6.45) is 0.838. The van der Waals surface area contributed by atoms with Crippen LogP contribution < -0.4 is 0 Å². The SMILES string of the molecule is CC(=O)c1cccc(-c2c(C=O)c(-c3ccccc3)nn2-c2ccccc2)c1. The molecule has 1 aromatic heterocycles. The van der Waals surface area contributed by atoms with E-state index in [2.05, 4.69) is 0 Å². The van der Waals surface area contributed by atoms with E-state index in [4.69, 9.17) is 5.10 Å². The highest BCUT2D eigenvalue weighted by molar-refractivity contribution is 5.98. The normalized spacial score (nSPS) is 10.6. The smallest absolute Gasteiger partial charge is 0.159 e. The Bertz CT molecular complexity index is 1150. The van der Waals surface area contributed by atoms with Gasteiger partial charge in [-0.1, -0.05) is 66.7 Å². The number of aromatic nitrogens is 2. The van der Waals surface area contributed by atoms with Gasteiger partial charge in [0.25, 0.3) is 0 Å². The maximum Gasteiger partial charge on any atom is 0.159 e. The van der Waals surface area contributed by atoms with Gasteiger partial charge in [-0.2, -0.15) is 5.10 Å². The van der Waals surface area contributed by atoms with E-state index in [9.17, 15) is 9.59 Å². The summed E-state index contributed by atoms with van der Waals surface area (Å²) in [5.41, 5.74) is 4.85. The molecule has 0 aliphatic heterocycles. The maximum absolute atomic E-state index is 12.1. The van der Waals surface area contributed by atoms with Crippen molar-refractivity contribution >= 4 is 12.1 Å². The van der Waals surface area contributed by atoms with Crippen LogP contribution in [0.1, 0.15) is 27.6 Å². The van der Waals surface area contributed by atoms with Gasteiger partial charge in [-0.05, 0) is 25.1 Å². The van der Waals surface area contributed by atoms with Crippen molar-refractivity contribution in [1.82, 2.24) is 9.78 Å². The second-order valence-corrected chi connectivity index (χ2v) is 6.48. The average Bonchev–Trinajstić information content (AvgIpc) is 3.15. The van der Waals surface area contributed by atoms with Crippen molar-refractivity contribution in [2.24, 2.45) is 0 Å². The van der Waals surface area contributed by atoms with Crippen molar-refractivity contribution in [2.75, 3.05) is 0 Å². The zero-order valence-electron chi connectivity index (χ0n) is 15.4. The molecule has 1 heterocycles. The molecule has 4 rings (SSSR count). The third-order valence-electron chi connectivity index (χ3n) is 4.63. The Morgan fingerprint density at radius 3 is 2.14 bits per heavy atom. The number of hydrogen-bond donors (Lipinski definition) is 0. The van der Waals surface area contributed by atoms with Gasteiger partial charge < -0.3 is 0 Å². The molecule has 0 unspecified atom stereocenters. The molecule has 0 N–H and O–H groups in total. The summed E-state index contributed by atoms with van der Waals surface area (Å²) in [6, 6.07) is 26.6. The summed E-state index contributed by atoms with van der Waals surface area (Å²) in [6.45, 7) is 1.53. The predicted octanol–water partition coefficient (Wildman–Crippen LogP) is 5.22. The van der Waals surface area contributed by atoms with Gasteiger partial charge in [0, 0.05) is 16.7 Å². The Kier molecular flexibility index (Phi) is 4.68. The van der Waals surface area contributed by atoms with Crippen molar-refractivity contribution in [3.63, 3.8) is 0 Å². The van der Waals surface area contributed by atoms with Gasteiger partial charge in [-0.3, -0.25) is 9.59 Å². The van der Waals surface area contributed by atoms with E-state index >= 15 is 0 Å². The fourth-order valence-corrected chi connectivity index (χ4v) is 3.27. The molecule has 4 heteroatoms. The number of carbonyl (C=O) groups is 2. The van der Waals surface area contributed by atoms with Crippen LogP contribution in [-0.4, -0.2) is 21.8 Å². The highest BCUT2D eigenvalue weighted by atomic mass is 16.1. The summed E-state index contributed by atoms with van der Waals surface area (Å²) < 4.78 is 1.77. The molecule has 3 aromatic carbocycles. The largest absolute Gasteiger partial charge is 0.298 e. The number of benzene rings is 3. The van der Waals surface area contributed by atoms with E-state index in [0.717, 1.165) is 23.1 Å². The predicted molar refractivity (Wildman–Crippen MR) is 110 cm³/mol. The Hall–Kier alpha value is -3.79. The number of hydrogen-bond acceptors (Lipinski definition) is 3. The number of para-hydroxylation sites is 1. The van der Waals surface area contributed by atoms with Crippen LogP contribution in [-0.2, 0) is 0 Å². The Labute approximate surface area is 163 Å². The van der Waals surface area contributed by atoms with E-state index in [1.54, 1.807) is 16.8 Å². The Morgan fingerprint density at radius 1 is 0.857 bits per heavy atom. The molecule has 0 spiro atoms. The van der Waals surface area contributed by atoms with Gasteiger partial charge in [0.2, 0.25) is 0 Å². The van der Waals surface area contributed by atoms with Gasteiger partial charge in [0.05, 0.1) is 16.9 Å². The van der Waals surface area contributed by atoms with E-state index in [0.29, 0.717) is 22.5 Å². The summed E-state index contributed by atoms with van der Waals surface area (Å²) >= 11 is 0. The molecule has 0 fully saturated rings. The third-order valence-corrected chi connectivity index (χ3v) is 4.63. The average molecular weight is 366 g/mol. The molecule has 0 amide bonds. The molecule has 28 heavy (non-hydrogen) atoms. The molecule has 0 aliphatic rings. The molecular weight excluding hydrogens is 348 g/mol. The number of carbonyl (C=O) groups excluding carboxylic acids is 2. The lowest BCUT2D eigenvalue weighted by Gasteiger charge is -2.09. The minimum absolute atomic E-state index is 0.0245. The van der Waals surface area contributed by atoms with Crippen LogP contribution in [0.3, 0.4) is 0 Å². The summed E-state index contributed by atoms with van der Waals surface area (Å²) in [4.78, 5) is 24.0. The molecular formula is C24H18N2O2. The highest BCUT2D eigenvalue weighted by Gasteiger charge is 2.21. The molecule has 0 saturated carbocycles. The third kappa shape index (κ3) is 3.16. The van der Waals surface area contributed by atoms with E-state index in [1.165, 1.54) is 6.92 Å². The van der Waals surface area contributed by atoms with Crippen LogP contribution in [0.25, 0.3) is 28.2 Å². The molecule has 4 aromatic rings. The van der Waals surface area contributed by atoms with Gasteiger partial charge >= 0.3 is 0 Å². The van der Waals surface area contributed by atoms with Crippen LogP contribution in [0.5, 0.6) is 0 Å². The lowest BCUT2D eigenvalue weighted by molar-refractivity contribution is 0.101. The monoisotopic (exact) mass is 366 g/mol. The first kappa shape index (κ1) is 17.6. The fraction of sp³-hybridized carbons (Fsp3) is 0.0417. The summed E-state index contributed by atoms with van der Waals surface area (Å²) in [5, 5.41) is 4.77. The molecule has 0 radical (unpaired) electrons. The first-order chi connectivity index (χ1) is 13.7. The zero-order valence-corrected chi connectivity index (χ0v) is 15.4. The second kappa shape index (κ2) is 7.45. The number of rotatable bonds is 5. The van der Waals surface area contributed by atoms with Gasteiger partial charge in [0.15, 0.2) is 12.1 Å². The second-order valence-electron chi connectivity index (χ2n) is 6.48. The lowest BCUT2D eigenvalue weighted by Crippen LogP contribution is -2.01. The minimum Gasteiger partial charge on any atom is -0.298 e. The molecule has 0 aliphatic carbocycles. The maximum atomic E-state index is 12.1. The molecule has 136 valence electrons.